The first-order valence-corrected chi connectivity index (χ1v) is 10.1. The zero-order valence-corrected chi connectivity index (χ0v) is 16.4. The van der Waals surface area contributed by atoms with E-state index in [1.165, 1.54) is 11.1 Å². The fourth-order valence-corrected chi connectivity index (χ4v) is 4.18. The Morgan fingerprint density at radius 2 is 1.85 bits per heavy atom. The maximum Gasteiger partial charge on any atom is 0.236 e. The van der Waals surface area contributed by atoms with Crippen LogP contribution in [0.5, 0.6) is 0 Å². The van der Waals surface area contributed by atoms with E-state index in [9.17, 15) is 9.59 Å². The van der Waals surface area contributed by atoms with Crippen LogP contribution in [0, 0.1) is 6.92 Å². The van der Waals surface area contributed by atoms with Gasteiger partial charge in [0.1, 0.15) is 0 Å². The molecule has 2 saturated heterocycles. The Bertz CT molecular complexity index is 663. The van der Waals surface area contributed by atoms with Gasteiger partial charge in [0, 0.05) is 32.7 Å². The van der Waals surface area contributed by atoms with Gasteiger partial charge in [-0.1, -0.05) is 30.7 Å². The lowest BCUT2D eigenvalue weighted by Gasteiger charge is -2.34. The van der Waals surface area contributed by atoms with Crippen LogP contribution in [0.2, 0.25) is 0 Å². The van der Waals surface area contributed by atoms with E-state index in [1.54, 1.807) is 0 Å². The van der Waals surface area contributed by atoms with Crippen molar-refractivity contribution >= 4 is 11.8 Å². The summed E-state index contributed by atoms with van der Waals surface area (Å²) in [5, 5.41) is 0. The number of hydrogen-bond acceptors (Lipinski definition) is 4. The zero-order chi connectivity index (χ0) is 19.2. The number of carbonyl (C=O) groups excluding carboxylic acids is 2. The van der Waals surface area contributed by atoms with Gasteiger partial charge in [-0.05, 0) is 43.9 Å². The van der Waals surface area contributed by atoms with Crippen molar-refractivity contribution in [3.8, 4) is 0 Å². The van der Waals surface area contributed by atoms with Crippen LogP contribution in [0.15, 0.2) is 24.3 Å². The fraction of sp³-hybridized carbons (Fsp3) is 0.619. The monoisotopic (exact) mass is 372 g/mol. The lowest BCUT2D eigenvalue weighted by Crippen LogP contribution is -2.52. The number of amides is 2. The van der Waals surface area contributed by atoms with Gasteiger partial charge in [0.15, 0.2) is 0 Å². The fourth-order valence-electron chi connectivity index (χ4n) is 4.18. The Morgan fingerprint density at radius 1 is 1.04 bits per heavy atom. The molecule has 2 aliphatic rings. The molecule has 2 fully saturated rings. The van der Waals surface area contributed by atoms with Crippen molar-refractivity contribution in [3.05, 3.63) is 35.4 Å². The second kappa shape index (κ2) is 9.33. The van der Waals surface area contributed by atoms with E-state index in [-0.39, 0.29) is 17.9 Å². The molecule has 6 heteroatoms. The number of aryl methyl sites for hydroxylation is 1. The topological polar surface area (TPSA) is 69.9 Å². The summed E-state index contributed by atoms with van der Waals surface area (Å²) in [5.74, 6) is -0.177. The Morgan fingerprint density at radius 3 is 2.63 bits per heavy atom. The van der Waals surface area contributed by atoms with Crippen molar-refractivity contribution < 1.29 is 9.59 Å². The Labute approximate surface area is 162 Å². The Hall–Kier alpha value is -1.92. The first-order chi connectivity index (χ1) is 13.0. The molecule has 1 aromatic carbocycles. The van der Waals surface area contributed by atoms with Crippen LogP contribution in [0.3, 0.4) is 0 Å². The molecular weight excluding hydrogens is 340 g/mol. The maximum absolute atomic E-state index is 12.8. The van der Waals surface area contributed by atoms with E-state index in [0.29, 0.717) is 6.54 Å². The number of benzene rings is 1. The van der Waals surface area contributed by atoms with Crippen LogP contribution in [0.1, 0.15) is 36.8 Å². The average molecular weight is 373 g/mol. The van der Waals surface area contributed by atoms with Gasteiger partial charge in [-0.2, -0.15) is 0 Å². The number of rotatable bonds is 5. The van der Waals surface area contributed by atoms with Gasteiger partial charge in [-0.15, -0.1) is 0 Å². The maximum atomic E-state index is 12.8. The summed E-state index contributed by atoms with van der Waals surface area (Å²) < 4.78 is 0. The van der Waals surface area contributed by atoms with E-state index in [4.69, 9.17) is 5.73 Å². The lowest BCUT2D eigenvalue weighted by molar-refractivity contribution is -0.135. The average Bonchev–Trinajstić information content (AvgIpc) is 2.89. The minimum absolute atomic E-state index is 0.126. The van der Waals surface area contributed by atoms with Gasteiger partial charge in [0.25, 0.3) is 0 Å². The Balaban J connectivity index is 1.53. The number of piperidine rings is 1. The third kappa shape index (κ3) is 5.30. The van der Waals surface area contributed by atoms with Crippen molar-refractivity contribution in [2.24, 2.45) is 5.73 Å². The molecule has 148 valence electrons. The summed E-state index contributed by atoms with van der Waals surface area (Å²) in [5.41, 5.74) is 8.20. The molecule has 27 heavy (non-hydrogen) atoms. The molecule has 3 rings (SSSR count). The van der Waals surface area contributed by atoms with Crippen molar-refractivity contribution in [1.29, 1.82) is 0 Å². The third-order valence-corrected chi connectivity index (χ3v) is 5.88. The molecule has 6 nitrogen and oxygen atoms in total. The zero-order valence-electron chi connectivity index (χ0n) is 16.4. The smallest absolute Gasteiger partial charge is 0.236 e. The first kappa shape index (κ1) is 19.8. The summed E-state index contributed by atoms with van der Waals surface area (Å²) in [6.07, 6.45) is 3.79. The van der Waals surface area contributed by atoms with Gasteiger partial charge in [0.05, 0.1) is 12.6 Å². The van der Waals surface area contributed by atoms with Crippen LogP contribution < -0.4 is 5.73 Å². The quantitative estimate of drug-likeness (QED) is 0.848. The predicted octanol–water partition coefficient (Wildman–Crippen LogP) is 1.37. The normalized spacial score (nSPS) is 22.4. The van der Waals surface area contributed by atoms with Gasteiger partial charge in [0.2, 0.25) is 11.8 Å². The van der Waals surface area contributed by atoms with Crippen LogP contribution >= 0.6 is 0 Å². The molecule has 2 amide bonds. The van der Waals surface area contributed by atoms with Crippen LogP contribution in [-0.4, -0.2) is 71.8 Å². The standard InChI is InChI=1S/C21H32N4O2/c1-17-7-2-3-8-18(17)15-23-10-6-12-24(14-13-23)20(26)16-25-11-5-4-9-19(25)21(22)27/h2-3,7-8,19H,4-6,9-16H2,1H3,(H2,22,27). The Kier molecular flexibility index (Phi) is 6.85. The number of nitrogens with two attached hydrogens (primary N) is 1. The summed E-state index contributed by atoms with van der Waals surface area (Å²) >= 11 is 0. The molecule has 2 heterocycles. The van der Waals surface area contributed by atoms with Crippen molar-refractivity contribution in [3.63, 3.8) is 0 Å². The molecule has 0 bridgehead atoms. The summed E-state index contributed by atoms with van der Waals surface area (Å²) in [6, 6.07) is 8.21. The number of likely N-dealkylation sites (tertiary alicyclic amines) is 1. The second-order valence-corrected chi connectivity index (χ2v) is 7.82. The molecule has 2 N–H and O–H groups in total. The minimum Gasteiger partial charge on any atom is -0.368 e. The molecule has 0 radical (unpaired) electrons. The van der Waals surface area contributed by atoms with Gasteiger partial charge >= 0.3 is 0 Å². The van der Waals surface area contributed by atoms with Crippen LogP contribution in [0.4, 0.5) is 0 Å². The molecule has 0 saturated carbocycles. The number of hydrogen-bond donors (Lipinski definition) is 1. The minimum atomic E-state index is -0.303. The molecule has 1 atom stereocenters. The highest BCUT2D eigenvalue weighted by atomic mass is 16.2. The summed E-state index contributed by atoms with van der Waals surface area (Å²) in [4.78, 5) is 30.9. The summed E-state index contributed by atoms with van der Waals surface area (Å²) in [6.45, 7) is 7.61. The molecule has 1 unspecified atom stereocenters. The van der Waals surface area contributed by atoms with Gasteiger partial charge < -0.3 is 10.6 Å². The number of carbonyl (C=O) groups is 2. The van der Waals surface area contributed by atoms with Gasteiger partial charge in [-0.25, -0.2) is 0 Å². The number of primary amides is 1. The molecule has 1 aromatic rings. The highest BCUT2D eigenvalue weighted by Gasteiger charge is 2.30. The van der Waals surface area contributed by atoms with Gasteiger partial charge in [-0.3, -0.25) is 19.4 Å². The highest BCUT2D eigenvalue weighted by molar-refractivity contribution is 5.82. The van der Waals surface area contributed by atoms with Crippen molar-refractivity contribution in [2.45, 2.75) is 45.2 Å². The van der Waals surface area contributed by atoms with Crippen molar-refractivity contribution in [2.75, 3.05) is 39.3 Å². The molecular formula is C21H32N4O2. The van der Waals surface area contributed by atoms with E-state index in [1.807, 2.05) is 9.80 Å². The lowest BCUT2D eigenvalue weighted by atomic mass is 10.0. The van der Waals surface area contributed by atoms with Crippen LogP contribution in [0.25, 0.3) is 0 Å². The first-order valence-electron chi connectivity index (χ1n) is 10.1. The van der Waals surface area contributed by atoms with E-state index >= 15 is 0 Å². The molecule has 0 spiro atoms. The van der Waals surface area contributed by atoms with E-state index in [2.05, 4.69) is 36.1 Å². The highest BCUT2D eigenvalue weighted by Crippen LogP contribution is 2.17. The molecule has 0 aromatic heterocycles. The number of nitrogens with zero attached hydrogens (tertiary/aromatic N) is 3. The second-order valence-electron chi connectivity index (χ2n) is 7.82. The largest absolute Gasteiger partial charge is 0.368 e. The SMILES string of the molecule is Cc1ccccc1CN1CCCN(C(=O)CN2CCCCC2C(N)=O)CC1. The van der Waals surface area contributed by atoms with Crippen molar-refractivity contribution in [1.82, 2.24) is 14.7 Å². The predicted molar refractivity (Wildman–Crippen MR) is 106 cm³/mol. The summed E-state index contributed by atoms with van der Waals surface area (Å²) in [7, 11) is 0. The third-order valence-electron chi connectivity index (χ3n) is 5.88. The van der Waals surface area contributed by atoms with E-state index < -0.39 is 0 Å². The van der Waals surface area contributed by atoms with E-state index in [0.717, 1.165) is 65.0 Å². The molecule has 2 aliphatic heterocycles. The van der Waals surface area contributed by atoms with Crippen LogP contribution in [-0.2, 0) is 16.1 Å². The molecule has 0 aliphatic carbocycles.